The van der Waals surface area contributed by atoms with Gasteiger partial charge in [-0.3, -0.25) is 9.69 Å². The summed E-state index contributed by atoms with van der Waals surface area (Å²) in [6.45, 7) is 2.40. The van der Waals surface area contributed by atoms with Gasteiger partial charge in [-0.15, -0.1) is 0 Å². The molecule has 0 aliphatic carbocycles. The standard InChI is InChI=1S/C19H22Cl2N2O3/c20-14-6-7-17(15(21)11-14)26-13-19(24)22-12-16(18-5-4-10-25-18)23-8-2-1-3-9-23/h4-7,10-11,16H,1-3,8-9,12-13H2,(H,22,24)/t16-/m0/s1. The Hall–Kier alpha value is -1.69. The van der Waals surface area contributed by atoms with E-state index in [2.05, 4.69) is 10.2 Å². The Morgan fingerprint density at radius 3 is 2.73 bits per heavy atom. The molecule has 7 heteroatoms. The average Bonchev–Trinajstić information content (AvgIpc) is 3.16. The fourth-order valence-electron chi connectivity index (χ4n) is 3.12. The summed E-state index contributed by atoms with van der Waals surface area (Å²) in [6, 6.07) is 8.77. The summed E-state index contributed by atoms with van der Waals surface area (Å²) in [5, 5.41) is 3.84. The maximum atomic E-state index is 12.2. The molecule has 1 aliphatic heterocycles. The van der Waals surface area contributed by atoms with Crippen molar-refractivity contribution in [3.05, 3.63) is 52.4 Å². The van der Waals surface area contributed by atoms with E-state index in [-0.39, 0.29) is 18.6 Å². The number of amides is 1. The van der Waals surface area contributed by atoms with Crippen LogP contribution in [-0.2, 0) is 4.79 Å². The first kappa shape index (κ1) is 19.1. The molecular formula is C19H22Cl2N2O3. The summed E-state index contributed by atoms with van der Waals surface area (Å²) in [6.07, 6.45) is 5.26. The number of benzene rings is 1. The third kappa shape index (κ3) is 5.16. The topological polar surface area (TPSA) is 54.7 Å². The molecule has 0 spiro atoms. The first-order valence-electron chi connectivity index (χ1n) is 8.75. The Balaban J connectivity index is 1.53. The molecule has 0 unspecified atom stereocenters. The summed E-state index contributed by atoms with van der Waals surface area (Å²) in [5.74, 6) is 1.10. The van der Waals surface area contributed by atoms with Crippen LogP contribution in [0.4, 0.5) is 0 Å². The van der Waals surface area contributed by atoms with Crippen LogP contribution >= 0.6 is 23.2 Å². The number of carbonyl (C=O) groups excluding carboxylic acids is 1. The van der Waals surface area contributed by atoms with E-state index in [1.165, 1.54) is 19.3 Å². The van der Waals surface area contributed by atoms with Gasteiger partial charge >= 0.3 is 0 Å². The summed E-state index contributed by atoms with van der Waals surface area (Å²) in [7, 11) is 0. The van der Waals surface area contributed by atoms with E-state index in [1.54, 1.807) is 24.5 Å². The number of furan rings is 1. The number of rotatable bonds is 7. The molecule has 0 radical (unpaired) electrons. The zero-order valence-corrected chi connectivity index (χ0v) is 15.9. The maximum absolute atomic E-state index is 12.2. The molecule has 1 saturated heterocycles. The average molecular weight is 397 g/mol. The van der Waals surface area contributed by atoms with E-state index in [0.29, 0.717) is 22.3 Å². The predicted octanol–water partition coefficient (Wildman–Crippen LogP) is 4.31. The van der Waals surface area contributed by atoms with E-state index < -0.39 is 0 Å². The van der Waals surface area contributed by atoms with Gasteiger partial charge in [0, 0.05) is 11.6 Å². The quantitative estimate of drug-likeness (QED) is 0.757. The lowest BCUT2D eigenvalue weighted by Crippen LogP contribution is -2.41. The molecule has 2 heterocycles. The molecule has 1 amide bonds. The zero-order valence-electron chi connectivity index (χ0n) is 14.4. The van der Waals surface area contributed by atoms with Crippen LogP contribution in [0.25, 0.3) is 0 Å². The molecule has 1 aromatic carbocycles. The third-order valence-corrected chi connectivity index (χ3v) is 4.98. The van der Waals surface area contributed by atoms with Crippen molar-refractivity contribution >= 4 is 29.1 Å². The van der Waals surface area contributed by atoms with Crippen molar-refractivity contribution in [2.45, 2.75) is 25.3 Å². The number of hydrogen-bond acceptors (Lipinski definition) is 4. The number of piperidine rings is 1. The highest BCUT2D eigenvalue weighted by Crippen LogP contribution is 2.27. The van der Waals surface area contributed by atoms with Crippen LogP contribution in [0.1, 0.15) is 31.1 Å². The van der Waals surface area contributed by atoms with Gasteiger partial charge in [-0.05, 0) is 56.3 Å². The van der Waals surface area contributed by atoms with Crippen molar-refractivity contribution in [1.82, 2.24) is 10.2 Å². The Morgan fingerprint density at radius 2 is 2.04 bits per heavy atom. The van der Waals surface area contributed by atoms with Crippen LogP contribution < -0.4 is 10.1 Å². The first-order valence-corrected chi connectivity index (χ1v) is 9.51. The normalized spacial score (nSPS) is 16.2. The summed E-state index contributed by atoms with van der Waals surface area (Å²) in [4.78, 5) is 14.6. The van der Waals surface area contributed by atoms with E-state index >= 15 is 0 Å². The lowest BCUT2D eigenvalue weighted by Gasteiger charge is -2.33. The minimum Gasteiger partial charge on any atom is -0.482 e. The minimum atomic E-state index is -0.204. The van der Waals surface area contributed by atoms with Crippen molar-refractivity contribution in [3.63, 3.8) is 0 Å². The molecular weight excluding hydrogens is 375 g/mol. The zero-order chi connectivity index (χ0) is 18.4. The van der Waals surface area contributed by atoms with Gasteiger partial charge in [0.05, 0.1) is 17.3 Å². The van der Waals surface area contributed by atoms with Crippen LogP contribution in [-0.4, -0.2) is 37.0 Å². The van der Waals surface area contributed by atoms with E-state index in [1.807, 2.05) is 12.1 Å². The number of nitrogens with zero attached hydrogens (tertiary/aromatic N) is 1. The van der Waals surface area contributed by atoms with Crippen molar-refractivity contribution in [1.29, 1.82) is 0 Å². The number of nitrogens with one attached hydrogen (secondary N) is 1. The SMILES string of the molecule is O=C(COc1ccc(Cl)cc1Cl)NC[C@@H](c1ccco1)N1CCCCC1. The van der Waals surface area contributed by atoms with Crippen molar-refractivity contribution in [2.24, 2.45) is 0 Å². The number of halogens is 2. The summed E-state index contributed by atoms with van der Waals surface area (Å²) in [5.41, 5.74) is 0. The predicted molar refractivity (Wildman–Crippen MR) is 102 cm³/mol. The molecule has 1 fully saturated rings. The van der Waals surface area contributed by atoms with E-state index in [4.69, 9.17) is 32.4 Å². The molecule has 1 N–H and O–H groups in total. The van der Waals surface area contributed by atoms with Crippen LogP contribution in [0.2, 0.25) is 10.0 Å². The molecule has 0 saturated carbocycles. The van der Waals surface area contributed by atoms with Crippen LogP contribution in [0.5, 0.6) is 5.75 Å². The highest BCUT2D eigenvalue weighted by molar-refractivity contribution is 6.35. The van der Waals surface area contributed by atoms with Crippen LogP contribution in [0, 0.1) is 0 Å². The molecule has 2 aromatic rings. The molecule has 1 aliphatic rings. The van der Waals surface area contributed by atoms with Gasteiger partial charge in [0.25, 0.3) is 5.91 Å². The second-order valence-corrected chi connectivity index (χ2v) is 7.14. The largest absolute Gasteiger partial charge is 0.482 e. The van der Waals surface area contributed by atoms with Crippen LogP contribution in [0.15, 0.2) is 41.0 Å². The van der Waals surface area contributed by atoms with Crippen molar-refractivity contribution in [2.75, 3.05) is 26.2 Å². The first-order chi connectivity index (χ1) is 12.6. The molecule has 5 nitrogen and oxygen atoms in total. The third-order valence-electron chi connectivity index (χ3n) is 4.45. The molecule has 26 heavy (non-hydrogen) atoms. The fourth-order valence-corrected chi connectivity index (χ4v) is 3.58. The Bertz CT molecular complexity index is 716. The van der Waals surface area contributed by atoms with Crippen LogP contribution in [0.3, 0.4) is 0 Å². The monoisotopic (exact) mass is 396 g/mol. The van der Waals surface area contributed by atoms with E-state index in [9.17, 15) is 4.79 Å². The summed E-state index contributed by atoms with van der Waals surface area (Å²) >= 11 is 11.9. The number of likely N-dealkylation sites (tertiary alicyclic amines) is 1. The summed E-state index contributed by atoms with van der Waals surface area (Å²) < 4.78 is 11.1. The second kappa shape index (κ2) is 9.31. The Kier molecular flexibility index (Phi) is 6.83. The number of carbonyl (C=O) groups is 1. The van der Waals surface area contributed by atoms with Gasteiger partial charge in [0.2, 0.25) is 0 Å². The smallest absolute Gasteiger partial charge is 0.258 e. The molecule has 0 bridgehead atoms. The highest BCUT2D eigenvalue weighted by atomic mass is 35.5. The molecule has 3 rings (SSSR count). The molecule has 1 atom stereocenters. The number of ether oxygens (including phenoxy) is 1. The van der Waals surface area contributed by atoms with Gasteiger partial charge in [-0.2, -0.15) is 0 Å². The van der Waals surface area contributed by atoms with Gasteiger partial charge in [-0.1, -0.05) is 29.6 Å². The lowest BCUT2D eigenvalue weighted by molar-refractivity contribution is -0.123. The van der Waals surface area contributed by atoms with Gasteiger partial charge in [0.15, 0.2) is 6.61 Å². The van der Waals surface area contributed by atoms with Gasteiger partial charge < -0.3 is 14.5 Å². The second-order valence-electron chi connectivity index (χ2n) is 6.30. The number of hydrogen-bond donors (Lipinski definition) is 1. The Morgan fingerprint density at radius 1 is 1.23 bits per heavy atom. The van der Waals surface area contributed by atoms with Gasteiger partial charge in [0.1, 0.15) is 11.5 Å². The maximum Gasteiger partial charge on any atom is 0.258 e. The Labute approximate surface area is 163 Å². The minimum absolute atomic E-state index is 0.0355. The fraction of sp³-hybridized carbons (Fsp3) is 0.421. The van der Waals surface area contributed by atoms with Crippen molar-refractivity contribution in [3.8, 4) is 5.75 Å². The van der Waals surface area contributed by atoms with E-state index in [0.717, 1.165) is 18.8 Å². The van der Waals surface area contributed by atoms with Gasteiger partial charge in [-0.25, -0.2) is 0 Å². The lowest BCUT2D eigenvalue weighted by atomic mass is 10.1. The molecule has 1 aromatic heterocycles. The molecule has 140 valence electrons. The highest BCUT2D eigenvalue weighted by Gasteiger charge is 2.24. The van der Waals surface area contributed by atoms with Crippen molar-refractivity contribution < 1.29 is 13.9 Å².